The lowest BCUT2D eigenvalue weighted by Crippen LogP contribution is -2.33. The maximum absolute atomic E-state index is 12.5. The van der Waals surface area contributed by atoms with E-state index in [1.54, 1.807) is 25.1 Å². The number of carbonyl (C=O) groups excluding carboxylic acids is 1. The summed E-state index contributed by atoms with van der Waals surface area (Å²) in [5.74, 6) is 1.29. The standard InChI is InChI=1S/C17H22BrN3O3/c1-10(14-8-13(23-4)6-7-16(14)24-5)19-17(22)12(3)21-9-15(18)11(2)20-21/h6-10,12H,1-5H3,(H,19,22). The molecule has 2 atom stereocenters. The van der Waals surface area contributed by atoms with Gasteiger partial charge in [0.15, 0.2) is 0 Å². The average Bonchev–Trinajstić information content (AvgIpc) is 2.92. The molecule has 0 bridgehead atoms. The van der Waals surface area contributed by atoms with Gasteiger partial charge in [0.05, 0.1) is 30.4 Å². The number of nitrogens with zero attached hydrogens (tertiary/aromatic N) is 2. The Morgan fingerprint density at radius 1 is 1.29 bits per heavy atom. The quantitative estimate of drug-likeness (QED) is 0.813. The van der Waals surface area contributed by atoms with E-state index in [9.17, 15) is 4.79 Å². The fourth-order valence-corrected chi connectivity index (χ4v) is 2.66. The normalized spacial score (nSPS) is 13.2. The summed E-state index contributed by atoms with van der Waals surface area (Å²) >= 11 is 3.41. The minimum atomic E-state index is -0.422. The average molecular weight is 396 g/mol. The van der Waals surface area contributed by atoms with Gasteiger partial charge in [-0.15, -0.1) is 0 Å². The van der Waals surface area contributed by atoms with E-state index in [0.29, 0.717) is 11.5 Å². The molecule has 0 aliphatic heterocycles. The van der Waals surface area contributed by atoms with Crippen molar-refractivity contribution >= 4 is 21.8 Å². The lowest BCUT2D eigenvalue weighted by molar-refractivity contribution is -0.124. The Kier molecular flexibility index (Phi) is 5.88. The fraction of sp³-hybridized carbons (Fsp3) is 0.412. The first kappa shape index (κ1) is 18.3. The van der Waals surface area contributed by atoms with Gasteiger partial charge in [-0.1, -0.05) is 0 Å². The number of ether oxygens (including phenoxy) is 2. The summed E-state index contributed by atoms with van der Waals surface area (Å²) in [6.45, 7) is 5.60. The maximum atomic E-state index is 12.5. The topological polar surface area (TPSA) is 65.4 Å². The molecule has 0 saturated carbocycles. The Labute approximate surface area is 150 Å². The smallest absolute Gasteiger partial charge is 0.245 e. The summed E-state index contributed by atoms with van der Waals surface area (Å²) in [5.41, 5.74) is 1.70. The molecule has 0 radical (unpaired) electrons. The Bertz CT molecular complexity index is 710. The summed E-state index contributed by atoms with van der Waals surface area (Å²) in [6, 6.07) is 4.86. The fourth-order valence-electron chi connectivity index (χ4n) is 2.37. The van der Waals surface area contributed by atoms with Crippen LogP contribution in [0.5, 0.6) is 11.5 Å². The number of rotatable bonds is 6. The van der Waals surface area contributed by atoms with Crippen LogP contribution in [0, 0.1) is 6.92 Å². The summed E-state index contributed by atoms with van der Waals surface area (Å²) < 4.78 is 13.2. The third kappa shape index (κ3) is 3.90. The van der Waals surface area contributed by atoms with Crippen molar-refractivity contribution in [1.82, 2.24) is 15.1 Å². The SMILES string of the molecule is COc1ccc(OC)c(C(C)NC(=O)C(C)n2cc(Br)c(C)n2)c1. The zero-order valence-electron chi connectivity index (χ0n) is 14.5. The van der Waals surface area contributed by atoms with Crippen LogP contribution in [0.15, 0.2) is 28.9 Å². The second kappa shape index (κ2) is 7.70. The zero-order chi connectivity index (χ0) is 17.9. The summed E-state index contributed by atoms with van der Waals surface area (Å²) in [5, 5.41) is 7.34. The minimum Gasteiger partial charge on any atom is -0.497 e. The van der Waals surface area contributed by atoms with E-state index in [1.807, 2.05) is 39.0 Å². The highest BCUT2D eigenvalue weighted by Gasteiger charge is 2.21. The van der Waals surface area contributed by atoms with E-state index in [1.165, 1.54) is 0 Å². The van der Waals surface area contributed by atoms with Crippen molar-refractivity contribution < 1.29 is 14.3 Å². The van der Waals surface area contributed by atoms with Crippen LogP contribution in [0.3, 0.4) is 0 Å². The van der Waals surface area contributed by atoms with E-state index >= 15 is 0 Å². The van der Waals surface area contributed by atoms with E-state index in [0.717, 1.165) is 15.7 Å². The molecule has 24 heavy (non-hydrogen) atoms. The molecule has 6 nitrogen and oxygen atoms in total. The van der Waals surface area contributed by atoms with Gasteiger partial charge in [0.2, 0.25) is 5.91 Å². The molecule has 1 amide bonds. The molecule has 0 aliphatic carbocycles. The number of hydrogen-bond acceptors (Lipinski definition) is 4. The minimum absolute atomic E-state index is 0.123. The molecule has 0 aliphatic rings. The van der Waals surface area contributed by atoms with Crippen LogP contribution in [0.4, 0.5) is 0 Å². The molecule has 1 aromatic carbocycles. The highest BCUT2D eigenvalue weighted by molar-refractivity contribution is 9.10. The van der Waals surface area contributed by atoms with Gasteiger partial charge in [-0.3, -0.25) is 9.48 Å². The number of nitrogens with one attached hydrogen (secondary N) is 1. The first-order chi connectivity index (χ1) is 11.4. The second-order valence-corrected chi connectivity index (χ2v) is 6.41. The number of aromatic nitrogens is 2. The van der Waals surface area contributed by atoms with Crippen LogP contribution in [0.1, 0.15) is 37.2 Å². The number of carbonyl (C=O) groups is 1. The third-order valence-corrected chi connectivity index (χ3v) is 4.67. The molecule has 0 spiro atoms. The largest absolute Gasteiger partial charge is 0.497 e. The van der Waals surface area contributed by atoms with Crippen molar-refractivity contribution in [2.75, 3.05) is 14.2 Å². The molecule has 1 aromatic heterocycles. The van der Waals surface area contributed by atoms with Crippen LogP contribution in [-0.2, 0) is 4.79 Å². The van der Waals surface area contributed by atoms with Crippen LogP contribution in [0.25, 0.3) is 0 Å². The van der Waals surface area contributed by atoms with Crippen molar-refractivity contribution in [1.29, 1.82) is 0 Å². The molecule has 1 N–H and O–H groups in total. The molecular formula is C17H22BrN3O3. The van der Waals surface area contributed by atoms with Gasteiger partial charge >= 0.3 is 0 Å². The highest BCUT2D eigenvalue weighted by Crippen LogP contribution is 2.29. The van der Waals surface area contributed by atoms with Gasteiger partial charge in [-0.2, -0.15) is 5.10 Å². The maximum Gasteiger partial charge on any atom is 0.245 e. The molecular weight excluding hydrogens is 374 g/mol. The van der Waals surface area contributed by atoms with Gasteiger partial charge in [-0.25, -0.2) is 0 Å². The number of methoxy groups -OCH3 is 2. The molecule has 1 heterocycles. The third-order valence-electron chi connectivity index (χ3n) is 3.90. The number of halogens is 1. The van der Waals surface area contributed by atoms with E-state index in [4.69, 9.17) is 9.47 Å². The van der Waals surface area contributed by atoms with Gasteiger partial charge in [0, 0.05) is 11.8 Å². The van der Waals surface area contributed by atoms with Crippen molar-refractivity contribution in [3.63, 3.8) is 0 Å². The van der Waals surface area contributed by atoms with E-state index in [2.05, 4.69) is 26.3 Å². The van der Waals surface area contributed by atoms with Crippen molar-refractivity contribution in [2.45, 2.75) is 32.9 Å². The predicted molar refractivity (Wildman–Crippen MR) is 95.5 cm³/mol. The lowest BCUT2D eigenvalue weighted by atomic mass is 10.1. The predicted octanol–water partition coefficient (Wildman–Crippen LogP) is 3.41. The molecule has 2 aromatic rings. The van der Waals surface area contributed by atoms with E-state index in [-0.39, 0.29) is 11.9 Å². The van der Waals surface area contributed by atoms with Gasteiger partial charge in [-0.05, 0) is 54.9 Å². The molecule has 130 valence electrons. The van der Waals surface area contributed by atoms with Crippen molar-refractivity contribution in [2.24, 2.45) is 0 Å². The number of hydrogen-bond donors (Lipinski definition) is 1. The summed E-state index contributed by atoms with van der Waals surface area (Å²) in [6.07, 6.45) is 1.80. The van der Waals surface area contributed by atoms with Crippen molar-refractivity contribution in [3.05, 3.63) is 40.1 Å². The molecule has 2 unspecified atom stereocenters. The van der Waals surface area contributed by atoms with Gasteiger partial charge in [0.25, 0.3) is 0 Å². The number of amides is 1. The Morgan fingerprint density at radius 2 is 2.00 bits per heavy atom. The second-order valence-electron chi connectivity index (χ2n) is 5.56. The zero-order valence-corrected chi connectivity index (χ0v) is 16.0. The number of aryl methyl sites for hydroxylation is 1. The molecule has 2 rings (SSSR count). The summed E-state index contributed by atoms with van der Waals surface area (Å²) in [7, 11) is 3.21. The Balaban J connectivity index is 2.16. The van der Waals surface area contributed by atoms with E-state index < -0.39 is 6.04 Å². The number of benzene rings is 1. The Hall–Kier alpha value is -2.02. The molecule has 0 fully saturated rings. The molecule has 7 heteroatoms. The van der Waals surface area contributed by atoms with Crippen molar-refractivity contribution in [3.8, 4) is 11.5 Å². The Morgan fingerprint density at radius 3 is 2.54 bits per heavy atom. The summed E-state index contributed by atoms with van der Waals surface area (Å²) in [4.78, 5) is 12.5. The van der Waals surface area contributed by atoms with Crippen LogP contribution >= 0.6 is 15.9 Å². The molecule has 0 saturated heterocycles. The van der Waals surface area contributed by atoms with Crippen LogP contribution < -0.4 is 14.8 Å². The van der Waals surface area contributed by atoms with Crippen LogP contribution in [-0.4, -0.2) is 29.9 Å². The first-order valence-electron chi connectivity index (χ1n) is 7.61. The monoisotopic (exact) mass is 395 g/mol. The first-order valence-corrected chi connectivity index (χ1v) is 8.40. The van der Waals surface area contributed by atoms with Gasteiger partial charge < -0.3 is 14.8 Å². The van der Waals surface area contributed by atoms with Gasteiger partial charge in [0.1, 0.15) is 17.5 Å². The van der Waals surface area contributed by atoms with Crippen LogP contribution in [0.2, 0.25) is 0 Å². The lowest BCUT2D eigenvalue weighted by Gasteiger charge is -2.20. The highest BCUT2D eigenvalue weighted by atomic mass is 79.9.